The minimum absolute atomic E-state index is 0.190. The lowest BCUT2D eigenvalue weighted by Gasteiger charge is -2.09. The smallest absolute Gasteiger partial charge is 0.283 e. The number of methoxy groups -OCH3 is 1. The van der Waals surface area contributed by atoms with Crippen LogP contribution in [0, 0.1) is 0 Å². The Labute approximate surface area is 112 Å². The van der Waals surface area contributed by atoms with Gasteiger partial charge in [0, 0.05) is 17.1 Å². The summed E-state index contributed by atoms with van der Waals surface area (Å²) in [6.07, 6.45) is 1.51. The van der Waals surface area contributed by atoms with Crippen molar-refractivity contribution in [1.82, 2.24) is 19.1 Å². The van der Waals surface area contributed by atoms with Crippen molar-refractivity contribution >= 4 is 21.9 Å². The van der Waals surface area contributed by atoms with E-state index in [0.29, 0.717) is 16.9 Å². The molecule has 0 aliphatic carbocycles. The van der Waals surface area contributed by atoms with E-state index in [1.54, 1.807) is 7.11 Å². The molecule has 1 aromatic carbocycles. The SMILES string of the molecule is COc1ccccc1Cn1cnc2snnc2c1=O. The second-order valence-electron chi connectivity index (χ2n) is 3.92. The van der Waals surface area contributed by atoms with Crippen LogP contribution >= 0.6 is 11.5 Å². The van der Waals surface area contributed by atoms with Crippen LogP contribution in [0.5, 0.6) is 5.75 Å². The minimum atomic E-state index is -0.190. The van der Waals surface area contributed by atoms with Gasteiger partial charge in [-0.15, -0.1) is 5.10 Å². The van der Waals surface area contributed by atoms with Gasteiger partial charge >= 0.3 is 0 Å². The molecule has 0 saturated heterocycles. The largest absolute Gasteiger partial charge is 0.496 e. The minimum Gasteiger partial charge on any atom is -0.496 e. The molecule has 0 N–H and O–H groups in total. The molecular formula is C12H10N4O2S. The Morgan fingerprint density at radius 2 is 2.21 bits per heavy atom. The maximum atomic E-state index is 12.2. The van der Waals surface area contributed by atoms with Gasteiger partial charge in [0.25, 0.3) is 5.56 Å². The molecule has 0 saturated carbocycles. The Morgan fingerprint density at radius 3 is 3.05 bits per heavy atom. The molecule has 0 aliphatic heterocycles. The van der Waals surface area contributed by atoms with Crippen molar-refractivity contribution in [2.24, 2.45) is 0 Å². The number of fused-ring (bicyclic) bond motifs is 1. The van der Waals surface area contributed by atoms with E-state index in [4.69, 9.17) is 4.74 Å². The van der Waals surface area contributed by atoms with Gasteiger partial charge in [0.15, 0.2) is 10.3 Å². The molecule has 0 amide bonds. The number of benzene rings is 1. The summed E-state index contributed by atoms with van der Waals surface area (Å²) in [6.45, 7) is 0.392. The van der Waals surface area contributed by atoms with Crippen LogP contribution in [-0.2, 0) is 6.54 Å². The van der Waals surface area contributed by atoms with Gasteiger partial charge in [-0.25, -0.2) is 4.98 Å². The van der Waals surface area contributed by atoms with Crippen molar-refractivity contribution in [3.63, 3.8) is 0 Å². The van der Waals surface area contributed by atoms with Crippen molar-refractivity contribution in [1.29, 1.82) is 0 Å². The van der Waals surface area contributed by atoms with E-state index >= 15 is 0 Å². The quantitative estimate of drug-likeness (QED) is 0.720. The molecule has 0 bridgehead atoms. The van der Waals surface area contributed by atoms with E-state index in [0.717, 1.165) is 22.8 Å². The van der Waals surface area contributed by atoms with Crippen molar-refractivity contribution in [3.05, 3.63) is 46.5 Å². The van der Waals surface area contributed by atoms with Crippen LogP contribution in [0.3, 0.4) is 0 Å². The highest BCUT2D eigenvalue weighted by molar-refractivity contribution is 7.12. The van der Waals surface area contributed by atoms with E-state index in [1.165, 1.54) is 10.9 Å². The number of rotatable bonds is 3. The third-order valence-electron chi connectivity index (χ3n) is 2.78. The molecule has 0 fully saturated rings. The predicted molar refractivity (Wildman–Crippen MR) is 71.6 cm³/mol. The average molecular weight is 274 g/mol. The second-order valence-corrected chi connectivity index (χ2v) is 4.65. The van der Waals surface area contributed by atoms with E-state index in [1.807, 2.05) is 24.3 Å². The molecule has 96 valence electrons. The molecule has 6 nitrogen and oxygen atoms in total. The van der Waals surface area contributed by atoms with E-state index < -0.39 is 0 Å². The topological polar surface area (TPSA) is 69.9 Å². The van der Waals surface area contributed by atoms with Crippen LogP contribution in [0.25, 0.3) is 10.3 Å². The van der Waals surface area contributed by atoms with Gasteiger partial charge < -0.3 is 4.74 Å². The summed E-state index contributed by atoms with van der Waals surface area (Å²) in [5.41, 5.74) is 1.03. The molecule has 0 atom stereocenters. The maximum absolute atomic E-state index is 12.2. The Kier molecular flexibility index (Phi) is 2.96. The van der Waals surface area contributed by atoms with Gasteiger partial charge in [0.1, 0.15) is 5.75 Å². The van der Waals surface area contributed by atoms with Crippen LogP contribution in [0.2, 0.25) is 0 Å². The summed E-state index contributed by atoms with van der Waals surface area (Å²) in [7, 11) is 1.60. The fourth-order valence-corrected chi connectivity index (χ4v) is 2.35. The van der Waals surface area contributed by atoms with Crippen molar-refractivity contribution in [3.8, 4) is 5.75 Å². The van der Waals surface area contributed by atoms with Gasteiger partial charge in [-0.2, -0.15) is 0 Å². The molecule has 7 heteroatoms. The molecule has 0 unspecified atom stereocenters. The molecule has 2 aromatic heterocycles. The first-order valence-corrected chi connectivity index (χ1v) is 6.36. The summed E-state index contributed by atoms with van der Waals surface area (Å²) in [6, 6.07) is 7.56. The normalized spacial score (nSPS) is 10.8. The van der Waals surface area contributed by atoms with Gasteiger partial charge in [-0.1, -0.05) is 22.7 Å². The summed E-state index contributed by atoms with van der Waals surface area (Å²) in [5.74, 6) is 0.742. The number of hydrogen-bond acceptors (Lipinski definition) is 6. The highest BCUT2D eigenvalue weighted by Gasteiger charge is 2.09. The number of para-hydroxylation sites is 1. The standard InChI is InChI=1S/C12H10N4O2S/c1-18-9-5-3-2-4-8(9)6-16-7-13-11-10(12(16)17)14-15-19-11/h2-5,7H,6H2,1H3. The number of ether oxygens (including phenoxy) is 1. The Morgan fingerprint density at radius 1 is 1.37 bits per heavy atom. The number of aromatic nitrogens is 4. The summed E-state index contributed by atoms with van der Waals surface area (Å²) in [4.78, 5) is 16.9. The molecule has 3 aromatic rings. The zero-order valence-corrected chi connectivity index (χ0v) is 10.9. The molecular weight excluding hydrogens is 264 g/mol. The monoisotopic (exact) mass is 274 g/mol. The molecule has 2 heterocycles. The molecule has 0 radical (unpaired) electrons. The van der Waals surface area contributed by atoms with Gasteiger partial charge in [0.2, 0.25) is 0 Å². The highest BCUT2D eigenvalue weighted by atomic mass is 32.1. The fourth-order valence-electron chi connectivity index (χ4n) is 1.85. The maximum Gasteiger partial charge on any atom is 0.283 e. The second kappa shape index (κ2) is 4.77. The lowest BCUT2D eigenvalue weighted by Crippen LogP contribution is -2.21. The summed E-state index contributed by atoms with van der Waals surface area (Å²) >= 11 is 1.11. The van der Waals surface area contributed by atoms with Crippen molar-refractivity contribution in [2.45, 2.75) is 6.54 Å². The Hall–Kier alpha value is -2.28. The number of hydrogen-bond donors (Lipinski definition) is 0. The van der Waals surface area contributed by atoms with Gasteiger partial charge in [-0.05, 0) is 6.07 Å². The third-order valence-corrected chi connectivity index (χ3v) is 3.42. The van der Waals surface area contributed by atoms with E-state index in [2.05, 4.69) is 14.6 Å². The van der Waals surface area contributed by atoms with E-state index in [-0.39, 0.29) is 5.56 Å². The highest BCUT2D eigenvalue weighted by Crippen LogP contribution is 2.18. The summed E-state index contributed by atoms with van der Waals surface area (Å²) in [5, 5.41) is 3.80. The number of nitrogens with zero attached hydrogens (tertiary/aromatic N) is 4. The lowest BCUT2D eigenvalue weighted by atomic mass is 10.2. The average Bonchev–Trinajstić information content (AvgIpc) is 2.92. The lowest BCUT2D eigenvalue weighted by molar-refractivity contribution is 0.408. The first-order valence-electron chi connectivity index (χ1n) is 5.59. The van der Waals surface area contributed by atoms with Crippen LogP contribution in [0.1, 0.15) is 5.56 Å². The molecule has 0 aliphatic rings. The molecule has 3 rings (SSSR count). The van der Waals surface area contributed by atoms with E-state index in [9.17, 15) is 4.79 Å². The van der Waals surface area contributed by atoms with Crippen molar-refractivity contribution in [2.75, 3.05) is 7.11 Å². The molecule has 0 spiro atoms. The first kappa shape index (κ1) is 11.8. The Bertz CT molecular complexity index is 780. The van der Waals surface area contributed by atoms with Crippen LogP contribution in [0.15, 0.2) is 35.4 Å². The fraction of sp³-hybridized carbons (Fsp3) is 0.167. The van der Waals surface area contributed by atoms with Crippen LogP contribution in [-0.4, -0.2) is 26.2 Å². The van der Waals surface area contributed by atoms with Gasteiger partial charge in [0.05, 0.1) is 20.0 Å². The van der Waals surface area contributed by atoms with Crippen LogP contribution < -0.4 is 10.3 Å². The predicted octanol–water partition coefficient (Wildman–Crippen LogP) is 1.30. The first-order chi connectivity index (χ1) is 9.29. The van der Waals surface area contributed by atoms with Gasteiger partial charge in [-0.3, -0.25) is 9.36 Å². The van der Waals surface area contributed by atoms with Crippen LogP contribution in [0.4, 0.5) is 0 Å². The summed E-state index contributed by atoms with van der Waals surface area (Å²) < 4.78 is 10.5. The Balaban J connectivity index is 2.06. The zero-order chi connectivity index (χ0) is 13.2. The molecule has 19 heavy (non-hydrogen) atoms. The van der Waals surface area contributed by atoms with Crippen molar-refractivity contribution < 1.29 is 4.74 Å². The zero-order valence-electron chi connectivity index (χ0n) is 10.1. The third kappa shape index (κ3) is 2.08.